The van der Waals surface area contributed by atoms with E-state index in [4.69, 9.17) is 11.6 Å². The Morgan fingerprint density at radius 1 is 1.55 bits per heavy atom. The van der Waals surface area contributed by atoms with E-state index in [0.717, 1.165) is 18.3 Å². The molecular weight excluding hydrogens is 194 g/mol. The molecule has 0 spiro atoms. The van der Waals surface area contributed by atoms with Gasteiger partial charge in [0.15, 0.2) is 0 Å². The molecular formula is C5H5ClF2N2S. The van der Waals surface area contributed by atoms with E-state index in [1.807, 2.05) is 0 Å². The van der Waals surface area contributed by atoms with Crippen molar-refractivity contribution >= 4 is 22.9 Å². The van der Waals surface area contributed by atoms with Crippen molar-refractivity contribution in [2.75, 3.05) is 0 Å². The highest BCUT2D eigenvalue weighted by molar-refractivity contribution is 7.15. The molecule has 1 aromatic heterocycles. The molecule has 0 N–H and O–H groups in total. The van der Waals surface area contributed by atoms with Gasteiger partial charge in [0.2, 0.25) is 4.47 Å². The van der Waals surface area contributed by atoms with Crippen LogP contribution < -0.4 is 0 Å². The topological polar surface area (TPSA) is 25.8 Å². The van der Waals surface area contributed by atoms with E-state index in [0.29, 0.717) is 0 Å². The molecule has 2 nitrogen and oxygen atoms in total. The molecule has 0 bridgehead atoms. The SMILES string of the molecule is CC(F)(F)Cc1nnc(Cl)s1. The first-order chi connectivity index (χ1) is 4.97. The molecule has 1 aromatic rings. The van der Waals surface area contributed by atoms with Crippen molar-refractivity contribution < 1.29 is 8.78 Å². The second-order valence-electron chi connectivity index (χ2n) is 2.20. The molecule has 11 heavy (non-hydrogen) atoms. The van der Waals surface area contributed by atoms with Crippen LogP contribution in [0.15, 0.2) is 0 Å². The molecule has 62 valence electrons. The van der Waals surface area contributed by atoms with Gasteiger partial charge < -0.3 is 0 Å². The largest absolute Gasteiger partial charge is 0.251 e. The van der Waals surface area contributed by atoms with Crippen molar-refractivity contribution in [3.63, 3.8) is 0 Å². The molecule has 6 heteroatoms. The highest BCUT2D eigenvalue weighted by atomic mass is 35.5. The molecule has 0 radical (unpaired) electrons. The van der Waals surface area contributed by atoms with E-state index in [1.165, 1.54) is 0 Å². The van der Waals surface area contributed by atoms with Gasteiger partial charge in [0.1, 0.15) is 5.01 Å². The summed E-state index contributed by atoms with van der Waals surface area (Å²) in [6.45, 7) is 0.836. The predicted molar refractivity (Wildman–Crippen MR) is 39.2 cm³/mol. The molecule has 0 aliphatic heterocycles. The van der Waals surface area contributed by atoms with Gasteiger partial charge in [-0.3, -0.25) is 0 Å². The van der Waals surface area contributed by atoms with Gasteiger partial charge in [-0.15, -0.1) is 10.2 Å². The normalized spacial score (nSPS) is 12.0. The average molecular weight is 199 g/mol. The van der Waals surface area contributed by atoms with Crippen LogP contribution in [0.3, 0.4) is 0 Å². The van der Waals surface area contributed by atoms with Crippen LogP contribution in [-0.2, 0) is 6.42 Å². The molecule has 0 saturated carbocycles. The van der Waals surface area contributed by atoms with Crippen molar-refractivity contribution in [2.45, 2.75) is 19.3 Å². The maximum atomic E-state index is 12.3. The van der Waals surface area contributed by atoms with Gasteiger partial charge in [0, 0.05) is 0 Å². The van der Waals surface area contributed by atoms with Crippen molar-refractivity contribution in [3.8, 4) is 0 Å². The number of rotatable bonds is 2. The van der Waals surface area contributed by atoms with Crippen molar-refractivity contribution in [1.29, 1.82) is 0 Å². The van der Waals surface area contributed by atoms with Gasteiger partial charge in [-0.1, -0.05) is 11.3 Å². The summed E-state index contributed by atoms with van der Waals surface area (Å²) in [6, 6.07) is 0. The van der Waals surface area contributed by atoms with E-state index < -0.39 is 12.3 Å². The van der Waals surface area contributed by atoms with Gasteiger partial charge >= 0.3 is 0 Å². The molecule has 0 aliphatic carbocycles. The van der Waals surface area contributed by atoms with Crippen LogP contribution in [0.2, 0.25) is 4.47 Å². The average Bonchev–Trinajstić information content (AvgIpc) is 2.10. The predicted octanol–water partition coefficient (Wildman–Crippen LogP) is 2.39. The lowest BCUT2D eigenvalue weighted by molar-refractivity contribution is 0.0224. The Bertz CT molecular complexity index is 245. The third-order valence-electron chi connectivity index (χ3n) is 0.904. The Morgan fingerprint density at radius 2 is 2.18 bits per heavy atom. The van der Waals surface area contributed by atoms with Crippen LogP contribution in [0, 0.1) is 0 Å². The monoisotopic (exact) mass is 198 g/mol. The summed E-state index contributed by atoms with van der Waals surface area (Å²) in [5.74, 6) is -2.73. The first kappa shape index (κ1) is 8.80. The third-order valence-corrected chi connectivity index (χ3v) is 1.92. The van der Waals surface area contributed by atoms with Gasteiger partial charge in [0.05, 0.1) is 6.42 Å². The maximum absolute atomic E-state index is 12.3. The van der Waals surface area contributed by atoms with Crippen LogP contribution in [0.5, 0.6) is 0 Å². The summed E-state index contributed by atoms with van der Waals surface area (Å²) in [7, 11) is 0. The Morgan fingerprint density at radius 3 is 2.55 bits per heavy atom. The molecule has 0 aromatic carbocycles. The summed E-state index contributed by atoms with van der Waals surface area (Å²) in [5.41, 5.74) is 0. The molecule has 0 unspecified atom stereocenters. The van der Waals surface area contributed by atoms with Crippen LogP contribution in [-0.4, -0.2) is 16.1 Å². The Labute approximate surface area is 71.2 Å². The number of alkyl halides is 2. The lowest BCUT2D eigenvalue weighted by Gasteiger charge is -2.04. The molecule has 0 fully saturated rings. The standard InChI is InChI=1S/C5H5ClF2N2S/c1-5(7,8)2-3-9-10-4(6)11-3/h2H2,1H3. The lowest BCUT2D eigenvalue weighted by Crippen LogP contribution is -2.13. The molecule has 1 rings (SSSR count). The number of hydrogen-bond acceptors (Lipinski definition) is 3. The first-order valence-electron chi connectivity index (χ1n) is 2.83. The van der Waals surface area contributed by atoms with Crippen molar-refractivity contribution in [3.05, 3.63) is 9.47 Å². The summed E-state index contributed by atoms with van der Waals surface area (Å²) in [6.07, 6.45) is -0.391. The summed E-state index contributed by atoms with van der Waals surface area (Å²) < 4.78 is 24.8. The fourth-order valence-electron chi connectivity index (χ4n) is 0.570. The highest BCUT2D eigenvalue weighted by Crippen LogP contribution is 2.22. The Kier molecular flexibility index (Phi) is 2.39. The van der Waals surface area contributed by atoms with E-state index in [9.17, 15) is 8.78 Å². The quantitative estimate of drug-likeness (QED) is 0.729. The zero-order valence-electron chi connectivity index (χ0n) is 5.64. The smallest absolute Gasteiger partial charge is 0.207 e. The molecule has 0 amide bonds. The second kappa shape index (κ2) is 2.98. The maximum Gasteiger partial charge on any atom is 0.251 e. The van der Waals surface area contributed by atoms with Gasteiger partial charge in [0.25, 0.3) is 5.92 Å². The summed E-state index contributed by atoms with van der Waals surface area (Å²) in [4.78, 5) is 0. The van der Waals surface area contributed by atoms with Crippen LogP contribution >= 0.6 is 22.9 Å². The van der Waals surface area contributed by atoms with Crippen LogP contribution in [0.1, 0.15) is 11.9 Å². The molecule has 0 atom stereocenters. The fourth-order valence-corrected chi connectivity index (χ4v) is 1.56. The lowest BCUT2D eigenvalue weighted by atomic mass is 10.3. The van der Waals surface area contributed by atoms with Crippen LogP contribution in [0.4, 0.5) is 8.78 Å². The van der Waals surface area contributed by atoms with Crippen molar-refractivity contribution in [2.24, 2.45) is 0 Å². The van der Waals surface area contributed by atoms with E-state index in [2.05, 4.69) is 10.2 Å². The minimum absolute atomic E-state index is 0.198. The highest BCUT2D eigenvalue weighted by Gasteiger charge is 2.23. The van der Waals surface area contributed by atoms with E-state index in [1.54, 1.807) is 0 Å². The number of aromatic nitrogens is 2. The first-order valence-corrected chi connectivity index (χ1v) is 4.02. The second-order valence-corrected chi connectivity index (χ2v) is 3.84. The zero-order valence-corrected chi connectivity index (χ0v) is 7.22. The number of hydrogen-bond donors (Lipinski definition) is 0. The van der Waals surface area contributed by atoms with Gasteiger partial charge in [-0.2, -0.15) is 0 Å². The third kappa shape index (κ3) is 3.07. The fraction of sp³-hybridized carbons (Fsp3) is 0.600. The minimum atomic E-state index is -2.73. The van der Waals surface area contributed by atoms with Gasteiger partial charge in [-0.05, 0) is 18.5 Å². The summed E-state index contributed by atoms with van der Waals surface area (Å²) >= 11 is 6.37. The minimum Gasteiger partial charge on any atom is -0.207 e. The molecule has 1 heterocycles. The molecule has 0 aliphatic rings. The molecule has 0 saturated heterocycles. The Hall–Kier alpha value is -0.290. The summed E-state index contributed by atoms with van der Waals surface area (Å²) in [5, 5.41) is 7.13. The van der Waals surface area contributed by atoms with Gasteiger partial charge in [-0.25, -0.2) is 8.78 Å². The van der Waals surface area contributed by atoms with E-state index in [-0.39, 0.29) is 9.47 Å². The number of halogens is 3. The Balaban J connectivity index is 2.65. The number of nitrogens with zero attached hydrogens (tertiary/aromatic N) is 2. The zero-order chi connectivity index (χ0) is 8.48. The van der Waals surface area contributed by atoms with E-state index >= 15 is 0 Å². The van der Waals surface area contributed by atoms with Crippen LogP contribution in [0.25, 0.3) is 0 Å². The van der Waals surface area contributed by atoms with Crippen molar-refractivity contribution in [1.82, 2.24) is 10.2 Å².